The van der Waals surface area contributed by atoms with E-state index < -0.39 is 0 Å². The monoisotopic (exact) mass is 568 g/mol. The number of nitrogens with one attached hydrogen (secondary N) is 1. The Morgan fingerprint density at radius 3 is 2.49 bits per heavy atom. The number of hydrogen-bond donors (Lipinski definition) is 1. The molecule has 3 fully saturated rings. The lowest BCUT2D eigenvalue weighted by atomic mass is 9.68. The first kappa shape index (κ1) is 21.9. The lowest BCUT2D eigenvalue weighted by Crippen LogP contribution is -2.42. The van der Waals surface area contributed by atoms with E-state index in [1.807, 2.05) is 12.1 Å². The van der Waals surface area contributed by atoms with Gasteiger partial charge < -0.3 is 9.72 Å². The zero-order chi connectivity index (χ0) is 24.0. The second kappa shape index (κ2) is 7.82. The average Bonchev–Trinajstić information content (AvgIpc) is 3.58. The van der Waals surface area contributed by atoms with Crippen molar-refractivity contribution < 1.29 is 14.3 Å². The van der Waals surface area contributed by atoms with Gasteiger partial charge in [-0.2, -0.15) is 0 Å². The van der Waals surface area contributed by atoms with Crippen LogP contribution in [0.2, 0.25) is 0 Å². The Kier molecular flexibility index (Phi) is 4.89. The van der Waals surface area contributed by atoms with Crippen molar-refractivity contribution in [1.29, 1.82) is 0 Å². The molecule has 1 saturated heterocycles. The van der Waals surface area contributed by atoms with E-state index in [2.05, 4.69) is 33.0 Å². The third-order valence-corrected chi connectivity index (χ3v) is 11.3. The molecule has 178 valence electrons. The van der Waals surface area contributed by atoms with Crippen LogP contribution in [0, 0.1) is 29.6 Å². The minimum atomic E-state index is -0.302. The first-order valence-corrected chi connectivity index (χ1v) is 14.1. The van der Waals surface area contributed by atoms with E-state index in [0.29, 0.717) is 11.4 Å². The van der Waals surface area contributed by atoms with Crippen LogP contribution in [0.25, 0.3) is 0 Å². The normalized spacial score (nSPS) is 32.5. The van der Waals surface area contributed by atoms with Crippen molar-refractivity contribution in [3.05, 3.63) is 73.1 Å². The van der Waals surface area contributed by atoms with Crippen molar-refractivity contribution in [3.8, 4) is 5.75 Å². The molecule has 2 aliphatic carbocycles. The molecular weight excluding hydrogens is 548 g/mol. The highest BCUT2D eigenvalue weighted by molar-refractivity contribution is 9.10. The van der Waals surface area contributed by atoms with Gasteiger partial charge in [-0.25, -0.2) is 0 Å². The molecule has 6 nitrogen and oxygen atoms in total. The maximum absolute atomic E-state index is 13.8. The van der Waals surface area contributed by atoms with Crippen molar-refractivity contribution in [2.45, 2.75) is 22.6 Å². The number of ether oxygens (including phenoxy) is 1. The number of fused-ring (bicyclic) bond motifs is 9. The number of aromatic amines is 1. The van der Waals surface area contributed by atoms with Gasteiger partial charge >= 0.3 is 4.87 Å². The van der Waals surface area contributed by atoms with Crippen LogP contribution in [0.1, 0.15) is 22.8 Å². The minimum absolute atomic E-state index is 0.0339. The molecular formula is C26H21BrN2O4S2. The Hall–Kier alpha value is -2.36. The van der Waals surface area contributed by atoms with Crippen LogP contribution in [0.3, 0.4) is 0 Å². The standard InChI is InChI=1S/C26H21BrN2O4S2/c1-33-14-7-5-13(6-8-14)29-24(30)19-15-10-16(20(19)25(29)31)21-18(15)17(11-3-2-4-12(27)9-11)22-23(34-21)28-26(32)35-22/h2-9,15-21H,10H2,1H3,(H,28,32)/t15?,16?,17-,18?,19?,20?,21?/m1/s1. The molecule has 2 amide bonds. The van der Waals surface area contributed by atoms with Crippen LogP contribution in [-0.4, -0.2) is 29.2 Å². The van der Waals surface area contributed by atoms with Gasteiger partial charge in [0.25, 0.3) is 0 Å². The molecule has 3 aromatic rings. The summed E-state index contributed by atoms with van der Waals surface area (Å²) in [6.07, 6.45) is 0.884. The topological polar surface area (TPSA) is 79.5 Å². The number of rotatable bonds is 3. The number of H-pyrrole nitrogens is 1. The summed E-state index contributed by atoms with van der Waals surface area (Å²) in [5.74, 6) is 0.387. The number of thiazole rings is 1. The minimum Gasteiger partial charge on any atom is -0.497 e. The van der Waals surface area contributed by atoms with Gasteiger partial charge in [-0.05, 0) is 66.1 Å². The number of nitrogens with zero attached hydrogens (tertiary/aromatic N) is 1. The molecule has 0 spiro atoms. The predicted octanol–water partition coefficient (Wildman–Crippen LogP) is 4.89. The van der Waals surface area contributed by atoms with Crippen LogP contribution in [0.5, 0.6) is 5.75 Å². The van der Waals surface area contributed by atoms with Gasteiger partial charge in [0.1, 0.15) is 5.75 Å². The van der Waals surface area contributed by atoms with Crippen molar-refractivity contribution in [2.75, 3.05) is 12.0 Å². The summed E-state index contributed by atoms with van der Waals surface area (Å²) in [6.45, 7) is 0. The lowest BCUT2D eigenvalue weighted by molar-refractivity contribution is -0.123. The largest absolute Gasteiger partial charge is 0.497 e. The number of methoxy groups -OCH3 is 1. The van der Waals surface area contributed by atoms with Gasteiger partial charge in [-0.3, -0.25) is 19.3 Å². The highest BCUT2D eigenvalue weighted by Gasteiger charge is 2.69. The summed E-state index contributed by atoms with van der Waals surface area (Å²) in [4.78, 5) is 45.3. The van der Waals surface area contributed by atoms with Crippen LogP contribution in [0.15, 0.2) is 62.8 Å². The van der Waals surface area contributed by atoms with E-state index in [1.165, 1.54) is 16.2 Å². The second-order valence-corrected chi connectivity index (χ2v) is 12.8. The highest BCUT2D eigenvalue weighted by Crippen LogP contribution is 2.68. The van der Waals surface area contributed by atoms with Crippen molar-refractivity contribution in [1.82, 2.24) is 4.98 Å². The molecule has 6 unspecified atom stereocenters. The van der Waals surface area contributed by atoms with Crippen molar-refractivity contribution in [2.24, 2.45) is 29.6 Å². The Bertz CT molecular complexity index is 1430. The number of hydrogen-bond acceptors (Lipinski definition) is 6. The number of benzene rings is 2. The van der Waals surface area contributed by atoms with Gasteiger partial charge in [0.2, 0.25) is 11.8 Å². The third kappa shape index (κ3) is 3.04. The van der Waals surface area contributed by atoms with E-state index >= 15 is 0 Å². The lowest BCUT2D eigenvalue weighted by Gasteiger charge is -2.43. The first-order valence-electron chi connectivity index (χ1n) is 11.6. The van der Waals surface area contributed by atoms with Gasteiger partial charge in [0.15, 0.2) is 0 Å². The van der Waals surface area contributed by atoms with E-state index in [1.54, 1.807) is 43.1 Å². The fourth-order valence-electron chi connectivity index (χ4n) is 7.08. The molecule has 3 heterocycles. The van der Waals surface area contributed by atoms with Crippen LogP contribution >= 0.6 is 39.0 Å². The molecule has 1 N–H and O–H groups in total. The maximum atomic E-state index is 13.8. The fraction of sp³-hybridized carbons (Fsp3) is 0.346. The van der Waals surface area contributed by atoms with Crippen molar-refractivity contribution in [3.63, 3.8) is 0 Å². The fourth-order valence-corrected chi connectivity index (χ4v) is 10.4. The number of anilines is 1. The molecule has 7 atom stereocenters. The van der Waals surface area contributed by atoms with E-state index in [4.69, 9.17) is 4.74 Å². The third-order valence-electron chi connectivity index (χ3n) is 8.26. The number of imide groups is 1. The Labute approximate surface area is 218 Å². The number of carbonyl (C=O) groups is 2. The summed E-state index contributed by atoms with van der Waals surface area (Å²) >= 11 is 6.60. The van der Waals surface area contributed by atoms with Gasteiger partial charge in [0, 0.05) is 20.5 Å². The summed E-state index contributed by atoms with van der Waals surface area (Å²) < 4.78 is 6.24. The Morgan fingerprint density at radius 1 is 1.03 bits per heavy atom. The summed E-state index contributed by atoms with van der Waals surface area (Å²) in [5, 5.41) is 1.12. The summed E-state index contributed by atoms with van der Waals surface area (Å²) in [5.41, 5.74) is 1.76. The van der Waals surface area contributed by atoms with Gasteiger partial charge in [-0.15, -0.1) is 11.8 Å². The van der Waals surface area contributed by atoms with E-state index in [-0.39, 0.29) is 57.4 Å². The number of thioether (sulfide) groups is 1. The smallest absolute Gasteiger partial charge is 0.305 e. The predicted molar refractivity (Wildman–Crippen MR) is 138 cm³/mol. The summed E-state index contributed by atoms with van der Waals surface area (Å²) in [6, 6.07) is 15.4. The van der Waals surface area contributed by atoms with E-state index in [0.717, 1.165) is 26.4 Å². The van der Waals surface area contributed by atoms with Crippen LogP contribution in [0.4, 0.5) is 5.69 Å². The molecule has 2 aromatic carbocycles. The van der Waals surface area contributed by atoms with Crippen LogP contribution < -0.4 is 14.5 Å². The second-order valence-electron chi connectivity index (χ2n) is 9.73. The molecule has 2 bridgehead atoms. The number of carbonyl (C=O) groups excluding carboxylic acids is 2. The SMILES string of the molecule is COc1ccc(N2C(=O)C3C4CC(C3C2=O)C2C4Sc3[nH]c(=O)sc3[C@@H]2c2cccc(Br)c2)cc1. The first-order chi connectivity index (χ1) is 17.0. The maximum Gasteiger partial charge on any atom is 0.305 e. The number of halogens is 1. The molecule has 35 heavy (non-hydrogen) atoms. The Balaban J connectivity index is 1.31. The van der Waals surface area contributed by atoms with E-state index in [9.17, 15) is 14.4 Å². The molecule has 9 heteroatoms. The molecule has 2 saturated carbocycles. The summed E-state index contributed by atoms with van der Waals surface area (Å²) in [7, 11) is 1.59. The zero-order valence-electron chi connectivity index (χ0n) is 18.6. The van der Waals surface area contributed by atoms with Gasteiger partial charge in [-0.1, -0.05) is 39.4 Å². The molecule has 1 aromatic heterocycles. The average molecular weight is 570 g/mol. The van der Waals surface area contributed by atoms with Crippen molar-refractivity contribution >= 4 is 56.5 Å². The van der Waals surface area contributed by atoms with Gasteiger partial charge in [0.05, 0.1) is 29.7 Å². The quantitative estimate of drug-likeness (QED) is 0.455. The van der Waals surface area contributed by atoms with Crippen LogP contribution in [-0.2, 0) is 9.59 Å². The molecule has 4 aliphatic rings. The molecule has 7 rings (SSSR count). The molecule has 2 aliphatic heterocycles. The Morgan fingerprint density at radius 2 is 1.77 bits per heavy atom. The number of amides is 2. The highest BCUT2D eigenvalue weighted by atomic mass is 79.9. The zero-order valence-corrected chi connectivity index (χ0v) is 21.9. The number of aromatic nitrogens is 1. The molecule has 0 radical (unpaired) electrons.